The molecule has 0 radical (unpaired) electrons. The molecular weight excluding hydrogens is 711 g/mol. The van der Waals surface area contributed by atoms with Gasteiger partial charge >= 0.3 is 0 Å². The van der Waals surface area contributed by atoms with Crippen molar-refractivity contribution in [1.82, 2.24) is 0 Å². The summed E-state index contributed by atoms with van der Waals surface area (Å²) >= 11 is 0. The van der Waals surface area contributed by atoms with Crippen LogP contribution in [-0.2, 0) is 10.8 Å². The molecule has 0 bridgehead atoms. The molecule has 2 atom stereocenters. The van der Waals surface area contributed by atoms with E-state index in [9.17, 15) is 0 Å². The summed E-state index contributed by atoms with van der Waals surface area (Å²) < 4.78 is 0. The molecule has 10 rings (SSSR count). The molecule has 3 aliphatic rings. The maximum atomic E-state index is 3.95. The van der Waals surface area contributed by atoms with Crippen molar-refractivity contribution in [2.45, 2.75) is 90.5 Å². The molecule has 0 saturated heterocycles. The number of hydrogen-bond acceptors (Lipinski definition) is 2. The molecule has 2 nitrogen and oxygen atoms in total. The van der Waals surface area contributed by atoms with Gasteiger partial charge in [-0.05, 0) is 142 Å². The van der Waals surface area contributed by atoms with Crippen molar-refractivity contribution in [3.05, 3.63) is 168 Å². The van der Waals surface area contributed by atoms with Crippen LogP contribution in [0.15, 0.2) is 146 Å². The lowest BCUT2D eigenvalue weighted by atomic mass is 9.57. The van der Waals surface area contributed by atoms with Crippen molar-refractivity contribution in [3.8, 4) is 44.5 Å². The van der Waals surface area contributed by atoms with E-state index < -0.39 is 0 Å². The second kappa shape index (κ2) is 13.9. The molecular formula is C56H55BN2. The molecule has 2 unspecified atom stereocenters. The van der Waals surface area contributed by atoms with Gasteiger partial charge in [0.05, 0.1) is 5.54 Å². The highest BCUT2D eigenvalue weighted by Crippen LogP contribution is 2.61. The van der Waals surface area contributed by atoms with Gasteiger partial charge in [-0.2, -0.15) is 0 Å². The Labute approximate surface area is 352 Å². The molecule has 1 fully saturated rings. The molecule has 0 amide bonds. The summed E-state index contributed by atoms with van der Waals surface area (Å²) in [7, 11) is 0.896. The molecule has 59 heavy (non-hydrogen) atoms. The summed E-state index contributed by atoms with van der Waals surface area (Å²) in [6.45, 7) is 16.9. The van der Waals surface area contributed by atoms with Gasteiger partial charge < -0.3 is 10.2 Å². The zero-order valence-electron chi connectivity index (χ0n) is 35.8. The first-order valence-corrected chi connectivity index (χ1v) is 21.8. The maximum absolute atomic E-state index is 3.95. The van der Waals surface area contributed by atoms with Crippen LogP contribution in [0.5, 0.6) is 0 Å². The van der Waals surface area contributed by atoms with Crippen LogP contribution < -0.4 is 21.1 Å². The van der Waals surface area contributed by atoms with E-state index in [1.54, 1.807) is 5.56 Å². The number of benzene rings is 7. The monoisotopic (exact) mass is 766 g/mol. The van der Waals surface area contributed by atoms with E-state index in [0.717, 1.165) is 18.7 Å². The topological polar surface area (TPSA) is 15.3 Å². The van der Waals surface area contributed by atoms with Gasteiger partial charge in [0.1, 0.15) is 0 Å². The lowest BCUT2D eigenvalue weighted by Crippen LogP contribution is -2.57. The van der Waals surface area contributed by atoms with Gasteiger partial charge in [-0.15, -0.1) is 0 Å². The number of rotatable bonds is 6. The summed E-state index contributed by atoms with van der Waals surface area (Å²) in [5.74, 6) is 0. The Morgan fingerprint density at radius 2 is 1.20 bits per heavy atom. The van der Waals surface area contributed by atoms with Gasteiger partial charge in [-0.1, -0.05) is 155 Å². The first-order chi connectivity index (χ1) is 28.4. The zero-order chi connectivity index (χ0) is 40.7. The largest absolute Gasteiger partial charge is 0.355 e. The highest BCUT2D eigenvalue weighted by molar-refractivity contribution is 6.73. The normalized spacial score (nSPS) is 19.1. The number of aryl methyl sites for hydroxylation is 2. The number of hydrogen-bond donors (Lipinski definition) is 1. The summed E-state index contributed by atoms with van der Waals surface area (Å²) in [6, 6.07) is 54.5. The maximum Gasteiger partial charge on any atom is 0.198 e. The van der Waals surface area contributed by atoms with Gasteiger partial charge in [0.2, 0.25) is 0 Å². The number of fused-ring (bicyclic) bond motifs is 5. The van der Waals surface area contributed by atoms with E-state index in [1.165, 1.54) is 109 Å². The second-order valence-corrected chi connectivity index (χ2v) is 19.1. The molecule has 3 heteroatoms. The predicted octanol–water partition coefficient (Wildman–Crippen LogP) is 13.5. The minimum Gasteiger partial charge on any atom is -0.355 e. The first-order valence-electron chi connectivity index (χ1n) is 21.8. The Balaban J connectivity index is 1.24. The van der Waals surface area contributed by atoms with Crippen LogP contribution in [0, 0.1) is 13.8 Å². The molecule has 0 spiro atoms. The Morgan fingerprint density at radius 3 is 1.88 bits per heavy atom. The summed E-state index contributed by atoms with van der Waals surface area (Å²) in [4.78, 5) is 2.86. The second-order valence-electron chi connectivity index (χ2n) is 19.1. The SMILES string of the molecule is Cc1cccc(C)c1-c1cc(-c2cc(-c3ccccc3)ccc2Nc2ccc(-c3ccccc3)cc2)c2c(c1)N1c3c(cc(C(C)(C)C)cc3C3(C)CCCCC13C)B2. The standard InChI is InChI=1S/C56H55BN2/c1-36-17-16-18-37(2)51(36)42-32-46(52-50(33-42)59-53-47(55(6)29-14-15-30-56(55,59)7)34-43(54(3,4)5)35-48(53)57-52)45-31-41(39-21-12-9-13-22-39)25-28-49(45)58-44-26-23-40(24-27-44)38-19-10-8-11-20-38/h8-13,16-28,31-35,57-58H,14-15,29-30H2,1-7H3. The van der Waals surface area contributed by atoms with Crippen LogP contribution in [0.2, 0.25) is 0 Å². The van der Waals surface area contributed by atoms with Crippen LogP contribution in [0.25, 0.3) is 44.5 Å². The molecule has 1 aliphatic carbocycles. The van der Waals surface area contributed by atoms with E-state index in [1.807, 2.05) is 0 Å². The Morgan fingerprint density at radius 1 is 0.593 bits per heavy atom. The summed E-state index contributed by atoms with van der Waals surface area (Å²) in [6.07, 6.45) is 4.94. The Kier molecular flexibility index (Phi) is 8.83. The highest BCUT2D eigenvalue weighted by atomic mass is 15.3. The molecule has 7 aromatic rings. The minimum absolute atomic E-state index is 0.0435. The minimum atomic E-state index is -0.0435. The van der Waals surface area contributed by atoms with Crippen molar-refractivity contribution in [2.24, 2.45) is 0 Å². The Hall–Kier alpha value is -5.80. The van der Waals surface area contributed by atoms with Gasteiger partial charge in [0.25, 0.3) is 0 Å². The summed E-state index contributed by atoms with van der Waals surface area (Å²) in [5.41, 5.74) is 23.7. The predicted molar refractivity (Wildman–Crippen MR) is 255 cm³/mol. The van der Waals surface area contributed by atoms with Crippen LogP contribution in [0.1, 0.15) is 82.6 Å². The molecule has 2 heterocycles. The average molecular weight is 767 g/mol. The molecule has 292 valence electrons. The van der Waals surface area contributed by atoms with Gasteiger partial charge in [-0.3, -0.25) is 0 Å². The van der Waals surface area contributed by atoms with Crippen molar-refractivity contribution < 1.29 is 0 Å². The highest BCUT2D eigenvalue weighted by Gasteiger charge is 2.59. The van der Waals surface area contributed by atoms with Crippen molar-refractivity contribution in [2.75, 3.05) is 10.2 Å². The molecule has 2 aliphatic heterocycles. The van der Waals surface area contributed by atoms with Crippen molar-refractivity contribution >= 4 is 41.0 Å². The fraction of sp³-hybridized carbons (Fsp3) is 0.250. The fourth-order valence-corrected chi connectivity index (χ4v) is 11.0. The number of anilines is 4. The lowest BCUT2D eigenvalue weighted by Gasteiger charge is -2.51. The lowest BCUT2D eigenvalue weighted by molar-refractivity contribution is 0.195. The van der Waals surface area contributed by atoms with E-state index in [4.69, 9.17) is 0 Å². The molecule has 0 aromatic heterocycles. The van der Waals surface area contributed by atoms with E-state index in [-0.39, 0.29) is 16.4 Å². The third-order valence-electron chi connectivity index (χ3n) is 14.4. The third-order valence-corrected chi connectivity index (χ3v) is 14.4. The van der Waals surface area contributed by atoms with E-state index in [0.29, 0.717) is 0 Å². The fourth-order valence-electron chi connectivity index (χ4n) is 11.0. The molecule has 7 aromatic carbocycles. The van der Waals surface area contributed by atoms with Crippen molar-refractivity contribution in [3.63, 3.8) is 0 Å². The average Bonchev–Trinajstić information content (AvgIpc) is 3.45. The van der Waals surface area contributed by atoms with Gasteiger partial charge in [-0.25, -0.2) is 0 Å². The first kappa shape index (κ1) is 37.5. The van der Waals surface area contributed by atoms with Crippen LogP contribution in [0.4, 0.5) is 22.7 Å². The van der Waals surface area contributed by atoms with Crippen LogP contribution in [0.3, 0.4) is 0 Å². The number of nitrogens with one attached hydrogen (secondary N) is 1. The third kappa shape index (κ3) is 6.07. The summed E-state index contributed by atoms with van der Waals surface area (Å²) in [5, 5.41) is 3.95. The molecule has 1 saturated carbocycles. The van der Waals surface area contributed by atoms with Gasteiger partial charge in [0, 0.05) is 33.7 Å². The van der Waals surface area contributed by atoms with Crippen molar-refractivity contribution in [1.29, 1.82) is 0 Å². The van der Waals surface area contributed by atoms with Crippen LogP contribution >= 0.6 is 0 Å². The quantitative estimate of drug-likeness (QED) is 0.170. The number of nitrogens with zero attached hydrogens (tertiary/aromatic N) is 1. The van der Waals surface area contributed by atoms with E-state index in [2.05, 4.69) is 204 Å². The molecule has 1 N–H and O–H groups in total. The van der Waals surface area contributed by atoms with Crippen LogP contribution in [-0.4, -0.2) is 12.8 Å². The zero-order valence-corrected chi connectivity index (χ0v) is 35.8. The van der Waals surface area contributed by atoms with Gasteiger partial charge in [0.15, 0.2) is 7.28 Å². The smallest absolute Gasteiger partial charge is 0.198 e. The van der Waals surface area contributed by atoms with E-state index >= 15 is 0 Å². The Bertz CT molecular complexity index is 2720.